The lowest BCUT2D eigenvalue weighted by molar-refractivity contribution is -0.207. The first-order chi connectivity index (χ1) is 16.5. The first-order valence-electron chi connectivity index (χ1n) is 10.9. The van der Waals surface area contributed by atoms with E-state index in [-0.39, 0.29) is 18.9 Å². The average molecular weight is 488 g/mol. The highest BCUT2D eigenvalue weighted by Gasteiger charge is 2.58. The molecule has 0 saturated carbocycles. The fourth-order valence-electron chi connectivity index (χ4n) is 4.38. The Morgan fingerprint density at radius 1 is 1.00 bits per heavy atom. The summed E-state index contributed by atoms with van der Waals surface area (Å²) in [5.74, 6) is -4.48. The van der Waals surface area contributed by atoms with Crippen molar-refractivity contribution in [3.05, 3.63) is 71.8 Å². The van der Waals surface area contributed by atoms with Crippen LogP contribution in [0.3, 0.4) is 0 Å². The van der Waals surface area contributed by atoms with Crippen molar-refractivity contribution < 1.29 is 37.4 Å². The van der Waals surface area contributed by atoms with Crippen LogP contribution in [0.5, 0.6) is 0 Å². The maximum absolute atomic E-state index is 13.2. The molecule has 10 heteroatoms. The summed E-state index contributed by atoms with van der Waals surface area (Å²) in [6.07, 6.45) is -3.13. The molecule has 3 N–H and O–H groups in total. The number of hydrogen-bond acceptors (Lipinski definition) is 4. The topological polar surface area (TPSA) is 105 Å². The van der Waals surface area contributed by atoms with Gasteiger partial charge in [-0.05, 0) is 35.6 Å². The van der Waals surface area contributed by atoms with Gasteiger partial charge in [-0.3, -0.25) is 4.79 Å². The molecular formula is C25H23F3N2O5. The lowest BCUT2D eigenvalue weighted by atomic mass is 9.98. The number of fused-ring (bicyclic) bond motifs is 3. The van der Waals surface area contributed by atoms with E-state index in [1.165, 1.54) is 12.2 Å². The van der Waals surface area contributed by atoms with Crippen LogP contribution in [-0.2, 0) is 14.3 Å². The molecule has 4 rings (SSSR count). The van der Waals surface area contributed by atoms with Crippen molar-refractivity contribution in [1.29, 1.82) is 0 Å². The molecule has 35 heavy (non-hydrogen) atoms. The number of carbonyl (C=O) groups is 3. The summed E-state index contributed by atoms with van der Waals surface area (Å²) in [6.45, 7) is 0.473. The molecule has 3 unspecified atom stereocenters. The molecule has 2 aromatic carbocycles. The second-order valence-electron chi connectivity index (χ2n) is 8.72. The van der Waals surface area contributed by atoms with Crippen LogP contribution >= 0.6 is 0 Å². The van der Waals surface area contributed by atoms with Crippen molar-refractivity contribution in [3.63, 3.8) is 0 Å². The second-order valence-corrected chi connectivity index (χ2v) is 8.72. The molecule has 0 aliphatic heterocycles. The number of rotatable bonds is 6. The number of aliphatic carboxylic acids is 1. The van der Waals surface area contributed by atoms with E-state index >= 15 is 0 Å². The van der Waals surface area contributed by atoms with Crippen molar-refractivity contribution in [3.8, 4) is 11.1 Å². The van der Waals surface area contributed by atoms with Crippen molar-refractivity contribution in [1.82, 2.24) is 10.6 Å². The van der Waals surface area contributed by atoms with Crippen LogP contribution in [0.1, 0.15) is 30.4 Å². The molecule has 2 aliphatic rings. The van der Waals surface area contributed by atoms with Gasteiger partial charge in [-0.15, -0.1) is 0 Å². The molecule has 184 valence electrons. The van der Waals surface area contributed by atoms with Gasteiger partial charge in [-0.1, -0.05) is 60.7 Å². The zero-order chi connectivity index (χ0) is 25.4. The van der Waals surface area contributed by atoms with E-state index in [0.29, 0.717) is 6.92 Å². The summed E-state index contributed by atoms with van der Waals surface area (Å²) in [5.41, 5.74) is 0.833. The van der Waals surface area contributed by atoms with E-state index in [1.807, 2.05) is 48.5 Å². The average Bonchev–Trinajstić information content (AvgIpc) is 3.39. The highest BCUT2D eigenvalue weighted by atomic mass is 19.4. The first kappa shape index (κ1) is 24.3. The van der Waals surface area contributed by atoms with E-state index in [4.69, 9.17) is 9.84 Å². The Kier molecular flexibility index (Phi) is 6.31. The van der Waals surface area contributed by atoms with Crippen molar-refractivity contribution in [2.24, 2.45) is 5.92 Å². The molecular weight excluding hydrogens is 465 g/mol. The predicted octanol–water partition coefficient (Wildman–Crippen LogP) is 3.99. The van der Waals surface area contributed by atoms with Gasteiger partial charge in [0.25, 0.3) is 0 Å². The number of carboxylic acids is 1. The van der Waals surface area contributed by atoms with E-state index in [0.717, 1.165) is 22.3 Å². The molecule has 3 atom stereocenters. The number of nitrogens with one attached hydrogen (secondary N) is 2. The summed E-state index contributed by atoms with van der Waals surface area (Å²) in [6, 6.07) is 15.1. The summed E-state index contributed by atoms with van der Waals surface area (Å²) in [7, 11) is 0. The van der Waals surface area contributed by atoms with Gasteiger partial charge in [0.1, 0.15) is 6.61 Å². The molecule has 0 bridgehead atoms. The quantitative estimate of drug-likeness (QED) is 0.534. The van der Waals surface area contributed by atoms with Crippen LogP contribution in [0.25, 0.3) is 11.1 Å². The first-order valence-corrected chi connectivity index (χ1v) is 10.9. The van der Waals surface area contributed by atoms with Crippen LogP contribution in [-0.4, -0.2) is 47.4 Å². The zero-order valence-corrected chi connectivity index (χ0v) is 18.6. The van der Waals surface area contributed by atoms with Gasteiger partial charge >= 0.3 is 18.2 Å². The van der Waals surface area contributed by atoms with Gasteiger partial charge in [-0.2, -0.15) is 13.2 Å². The second kappa shape index (κ2) is 9.09. The smallest absolute Gasteiger partial charge is 0.422 e. The van der Waals surface area contributed by atoms with Gasteiger partial charge in [0.15, 0.2) is 0 Å². The number of alkyl halides is 3. The van der Waals surface area contributed by atoms with Crippen molar-refractivity contribution in [2.75, 3.05) is 6.61 Å². The van der Waals surface area contributed by atoms with Gasteiger partial charge in [0.2, 0.25) is 11.4 Å². The van der Waals surface area contributed by atoms with Gasteiger partial charge < -0.3 is 20.5 Å². The lowest BCUT2D eigenvalue weighted by Gasteiger charge is -2.29. The minimum Gasteiger partial charge on any atom is -0.479 e. The number of ether oxygens (including phenoxy) is 1. The Labute approximate surface area is 199 Å². The highest BCUT2D eigenvalue weighted by Crippen LogP contribution is 2.44. The number of carbonyl (C=O) groups excluding carboxylic acids is 2. The van der Waals surface area contributed by atoms with Crippen LogP contribution in [0.4, 0.5) is 18.0 Å². The maximum Gasteiger partial charge on any atom is 0.422 e. The summed E-state index contributed by atoms with van der Waals surface area (Å²) < 4.78 is 44.9. The number of hydrogen-bond donors (Lipinski definition) is 3. The molecule has 0 radical (unpaired) electrons. The van der Waals surface area contributed by atoms with Gasteiger partial charge in [0, 0.05) is 5.92 Å². The molecule has 2 amide bonds. The van der Waals surface area contributed by atoms with Gasteiger partial charge in [0.05, 0.1) is 12.0 Å². The molecule has 2 aliphatic carbocycles. The van der Waals surface area contributed by atoms with Crippen molar-refractivity contribution in [2.45, 2.75) is 37.0 Å². The third-order valence-electron chi connectivity index (χ3n) is 6.44. The van der Waals surface area contributed by atoms with E-state index in [1.54, 1.807) is 5.32 Å². The van der Waals surface area contributed by atoms with E-state index < -0.39 is 41.6 Å². The molecule has 7 nitrogen and oxygen atoms in total. The third kappa shape index (κ3) is 4.60. The normalized spacial score (nSPS) is 20.5. The summed E-state index contributed by atoms with van der Waals surface area (Å²) in [4.78, 5) is 35.9. The molecule has 0 aromatic heterocycles. The number of halogens is 3. The Balaban J connectivity index is 1.33. The number of amides is 2. The van der Waals surface area contributed by atoms with Gasteiger partial charge in [-0.25, -0.2) is 9.59 Å². The number of alkyl carbamates (subject to hydrolysis) is 1. The Morgan fingerprint density at radius 3 is 2.11 bits per heavy atom. The Hall–Kier alpha value is -3.82. The highest BCUT2D eigenvalue weighted by molar-refractivity contribution is 5.89. The van der Waals surface area contributed by atoms with Crippen LogP contribution in [0.15, 0.2) is 60.7 Å². The zero-order valence-electron chi connectivity index (χ0n) is 18.6. The number of benzene rings is 2. The maximum atomic E-state index is 13.2. The minimum absolute atomic E-state index is 0.0242. The van der Waals surface area contributed by atoms with Crippen LogP contribution < -0.4 is 10.6 Å². The predicted molar refractivity (Wildman–Crippen MR) is 119 cm³/mol. The minimum atomic E-state index is -5.18. The van der Waals surface area contributed by atoms with E-state index in [9.17, 15) is 27.6 Å². The van der Waals surface area contributed by atoms with Crippen LogP contribution in [0, 0.1) is 5.92 Å². The molecule has 0 fully saturated rings. The fourth-order valence-corrected chi connectivity index (χ4v) is 4.38. The molecule has 0 heterocycles. The lowest BCUT2D eigenvalue weighted by Crippen LogP contribution is -2.62. The fraction of sp³-hybridized carbons (Fsp3) is 0.320. The van der Waals surface area contributed by atoms with E-state index in [2.05, 4.69) is 5.32 Å². The molecule has 0 spiro atoms. The molecule has 2 aromatic rings. The largest absolute Gasteiger partial charge is 0.479 e. The Morgan fingerprint density at radius 2 is 1.57 bits per heavy atom. The molecule has 0 saturated heterocycles. The summed E-state index contributed by atoms with van der Waals surface area (Å²) in [5, 5.41) is 13.1. The Bertz CT molecular complexity index is 1150. The van der Waals surface area contributed by atoms with Crippen LogP contribution in [0.2, 0.25) is 0 Å². The summed E-state index contributed by atoms with van der Waals surface area (Å²) >= 11 is 0. The van der Waals surface area contributed by atoms with Crippen molar-refractivity contribution >= 4 is 18.0 Å². The SMILES string of the molecule is CC(NC(=O)C1C=CC(NC(=O)OCC2c3ccccc3-c3ccccc32)C1)(C(=O)O)C(F)(F)F. The third-order valence-corrected chi connectivity index (χ3v) is 6.44. The number of carboxylic acid groups (broad SMARTS) is 1. The standard InChI is InChI=1S/C25H23F3N2O5/c1-24(22(32)33,25(26,27)28)30-21(31)14-10-11-15(12-14)29-23(34)35-13-20-18-8-4-2-6-16(18)17-7-3-5-9-19(17)20/h2-11,14-15,20H,12-13H2,1H3,(H,29,34)(H,30,31)(H,32,33). The monoisotopic (exact) mass is 488 g/mol.